The van der Waals surface area contributed by atoms with Gasteiger partial charge in [0.05, 0.1) is 0 Å². The van der Waals surface area contributed by atoms with E-state index >= 15 is 0 Å². The molecule has 0 saturated heterocycles. The second kappa shape index (κ2) is 14.7. The summed E-state index contributed by atoms with van der Waals surface area (Å²) in [5.41, 5.74) is 0.480. The number of benzene rings is 2. The van der Waals surface area contributed by atoms with E-state index in [2.05, 4.69) is 16.7 Å². The number of nitrogens with one attached hydrogen (secondary N) is 2. The van der Waals surface area contributed by atoms with Crippen LogP contribution in [-0.4, -0.2) is 52.1 Å². The van der Waals surface area contributed by atoms with Crippen LogP contribution in [0.3, 0.4) is 0 Å². The Morgan fingerprint density at radius 2 is 1.49 bits per heavy atom. The maximum atomic E-state index is 14.1. The van der Waals surface area contributed by atoms with Gasteiger partial charge < -0.3 is 20.1 Å². The van der Waals surface area contributed by atoms with Gasteiger partial charge in [0.25, 0.3) is 5.91 Å². The van der Waals surface area contributed by atoms with Crippen LogP contribution in [-0.2, 0) is 30.3 Å². The van der Waals surface area contributed by atoms with Crippen molar-refractivity contribution < 1.29 is 28.7 Å². The number of alkyl carbamates (subject to hydrolysis) is 1. The first-order valence-electron chi connectivity index (χ1n) is 14.3. The largest absolute Gasteiger partial charge is 0.458 e. The van der Waals surface area contributed by atoms with Crippen molar-refractivity contribution in [3.8, 4) is 12.5 Å². The lowest BCUT2D eigenvalue weighted by atomic mass is 9.98. The predicted molar refractivity (Wildman–Crippen MR) is 166 cm³/mol. The Bertz CT molecular complexity index is 1320. The summed E-state index contributed by atoms with van der Waals surface area (Å²) in [5.74, 6) is -2.38. The van der Waals surface area contributed by atoms with Crippen LogP contribution in [0.15, 0.2) is 54.6 Å². The summed E-state index contributed by atoms with van der Waals surface area (Å²) < 4.78 is 11.0. The van der Waals surface area contributed by atoms with Crippen LogP contribution in [0, 0.1) is 25.3 Å². The molecule has 9 heteroatoms. The number of terminal acetylenes is 1. The molecule has 3 amide bonds. The molecular weight excluding hydrogens is 546 g/mol. The van der Waals surface area contributed by atoms with Crippen LogP contribution in [0.4, 0.5) is 4.79 Å². The first-order valence-corrected chi connectivity index (χ1v) is 14.3. The number of hydrogen-bond acceptors (Lipinski definition) is 6. The third-order valence-electron chi connectivity index (χ3n) is 6.14. The number of nitrogens with zero attached hydrogens (tertiary/aromatic N) is 1. The van der Waals surface area contributed by atoms with Gasteiger partial charge in [0, 0.05) is 12.5 Å². The molecular formula is C34H45N3O6. The second-order valence-corrected chi connectivity index (χ2v) is 12.8. The van der Waals surface area contributed by atoms with Crippen LogP contribution >= 0.6 is 0 Å². The lowest BCUT2D eigenvalue weighted by Crippen LogP contribution is -2.55. The molecule has 0 fully saturated rings. The summed E-state index contributed by atoms with van der Waals surface area (Å²) in [6, 6.07) is 15.1. The number of esters is 1. The van der Waals surface area contributed by atoms with Gasteiger partial charge >= 0.3 is 12.1 Å². The average Bonchev–Trinajstić information content (AvgIpc) is 2.88. The van der Waals surface area contributed by atoms with Crippen molar-refractivity contribution >= 4 is 23.9 Å². The second-order valence-electron chi connectivity index (χ2n) is 12.8. The lowest BCUT2D eigenvalue weighted by molar-refractivity contribution is -0.159. The summed E-state index contributed by atoms with van der Waals surface area (Å²) in [6.45, 7) is 15.7. The summed E-state index contributed by atoms with van der Waals surface area (Å²) in [4.78, 5) is 55.0. The van der Waals surface area contributed by atoms with Gasteiger partial charge in [-0.05, 0) is 65.5 Å². The van der Waals surface area contributed by atoms with Crippen molar-refractivity contribution in [1.29, 1.82) is 0 Å². The monoisotopic (exact) mass is 591 g/mol. The Hall–Kier alpha value is -4.32. The molecule has 43 heavy (non-hydrogen) atoms. The highest BCUT2D eigenvalue weighted by molar-refractivity contribution is 5.95. The van der Waals surface area contributed by atoms with Gasteiger partial charge in [-0.25, -0.2) is 9.59 Å². The third kappa shape index (κ3) is 11.1. The van der Waals surface area contributed by atoms with E-state index in [0.29, 0.717) is 5.56 Å². The van der Waals surface area contributed by atoms with E-state index in [9.17, 15) is 19.2 Å². The van der Waals surface area contributed by atoms with Crippen molar-refractivity contribution in [3.63, 3.8) is 0 Å². The molecule has 0 aliphatic carbocycles. The van der Waals surface area contributed by atoms with Crippen LogP contribution in [0.25, 0.3) is 0 Å². The van der Waals surface area contributed by atoms with E-state index in [1.54, 1.807) is 73.6 Å². The molecule has 3 atom stereocenters. The molecule has 0 aliphatic rings. The van der Waals surface area contributed by atoms with Crippen LogP contribution < -0.4 is 10.6 Å². The number of rotatable bonds is 10. The van der Waals surface area contributed by atoms with E-state index in [4.69, 9.17) is 15.9 Å². The summed E-state index contributed by atoms with van der Waals surface area (Å²) in [6.07, 6.45) is 5.26. The molecule has 232 valence electrons. The minimum Gasteiger partial charge on any atom is -0.458 e. The zero-order valence-electron chi connectivity index (χ0n) is 26.7. The molecule has 2 rings (SSSR count). The Kier molecular flexibility index (Phi) is 11.9. The van der Waals surface area contributed by atoms with Gasteiger partial charge in [0.1, 0.15) is 29.3 Å². The van der Waals surface area contributed by atoms with Crippen LogP contribution in [0.2, 0.25) is 0 Å². The van der Waals surface area contributed by atoms with Gasteiger partial charge in [0.15, 0.2) is 0 Å². The van der Waals surface area contributed by atoms with Crippen LogP contribution in [0.5, 0.6) is 0 Å². The minimum atomic E-state index is -1.32. The summed E-state index contributed by atoms with van der Waals surface area (Å²) in [7, 11) is 0. The van der Waals surface area contributed by atoms with Crippen LogP contribution in [0.1, 0.15) is 78.1 Å². The highest BCUT2D eigenvalue weighted by Crippen LogP contribution is 2.25. The highest BCUT2D eigenvalue weighted by atomic mass is 16.6. The Morgan fingerprint density at radius 1 is 0.884 bits per heavy atom. The fraction of sp³-hybridized carbons (Fsp3) is 0.471. The van der Waals surface area contributed by atoms with E-state index in [0.717, 1.165) is 16.0 Å². The minimum absolute atomic E-state index is 0.154. The number of amides is 3. The smallest absolute Gasteiger partial charge is 0.408 e. The van der Waals surface area contributed by atoms with Crippen molar-refractivity contribution in [1.82, 2.24) is 15.5 Å². The molecule has 0 aromatic heterocycles. The first kappa shape index (κ1) is 34.9. The summed E-state index contributed by atoms with van der Waals surface area (Å²) >= 11 is 0. The molecule has 3 unspecified atom stereocenters. The molecule has 0 radical (unpaired) electrons. The molecule has 2 N–H and O–H groups in total. The quantitative estimate of drug-likeness (QED) is 0.227. The standard InChI is InChI=1S/C34H45N3O6/c1-11-37(30(39)27(22(2)3)36-32(41)43-34(8,9)10)28(25-19-15-16-23(4)20-25)29(38)35-26(31(40)42-33(5,6)7)21-24-17-13-12-14-18-24/h1,12-20,22,26-28H,21H2,2-10H3,(H,35,38)(H,36,41). The van der Waals surface area contributed by atoms with Crippen molar-refractivity contribution in [2.75, 3.05) is 0 Å². The zero-order chi connectivity index (χ0) is 32.5. The van der Waals surface area contributed by atoms with Crippen molar-refractivity contribution in [3.05, 3.63) is 71.3 Å². The maximum Gasteiger partial charge on any atom is 0.408 e. The Morgan fingerprint density at radius 3 is 2.00 bits per heavy atom. The van der Waals surface area contributed by atoms with Gasteiger partial charge in [-0.3, -0.25) is 14.5 Å². The van der Waals surface area contributed by atoms with E-state index in [-0.39, 0.29) is 6.42 Å². The molecule has 0 bridgehead atoms. The topological polar surface area (TPSA) is 114 Å². The molecule has 9 nitrogen and oxygen atoms in total. The molecule has 2 aromatic rings. The highest BCUT2D eigenvalue weighted by Gasteiger charge is 2.39. The number of aryl methyl sites for hydroxylation is 1. The fourth-order valence-electron chi connectivity index (χ4n) is 4.29. The number of ether oxygens (including phenoxy) is 2. The van der Waals surface area contributed by atoms with Gasteiger partial charge in [0.2, 0.25) is 5.91 Å². The van der Waals surface area contributed by atoms with Gasteiger partial charge in [-0.2, -0.15) is 0 Å². The van der Waals surface area contributed by atoms with Gasteiger partial charge in [-0.1, -0.05) is 80.4 Å². The molecule has 0 spiro atoms. The van der Waals surface area contributed by atoms with E-state index in [1.807, 2.05) is 43.3 Å². The molecule has 0 saturated carbocycles. The average molecular weight is 592 g/mol. The van der Waals surface area contributed by atoms with E-state index < -0.39 is 59.1 Å². The maximum absolute atomic E-state index is 14.1. The molecule has 0 aliphatic heterocycles. The SMILES string of the molecule is C#CN(C(=O)C(NC(=O)OC(C)(C)C)C(C)C)C(C(=O)NC(Cc1ccccc1)C(=O)OC(C)(C)C)c1cccc(C)c1. The lowest BCUT2D eigenvalue weighted by Gasteiger charge is -2.33. The van der Waals surface area contributed by atoms with Crippen molar-refractivity contribution in [2.24, 2.45) is 5.92 Å². The molecule has 2 aromatic carbocycles. The zero-order valence-corrected chi connectivity index (χ0v) is 26.7. The first-order chi connectivity index (χ1) is 19.9. The van der Waals surface area contributed by atoms with Crippen molar-refractivity contribution in [2.45, 2.75) is 98.1 Å². The summed E-state index contributed by atoms with van der Waals surface area (Å²) in [5, 5.41) is 5.41. The number of carbonyl (C=O) groups excluding carboxylic acids is 4. The Labute approximate surface area is 255 Å². The molecule has 0 heterocycles. The number of carbonyl (C=O) groups is 4. The Balaban J connectivity index is 2.53. The predicted octanol–water partition coefficient (Wildman–Crippen LogP) is 5.07. The fourth-order valence-corrected chi connectivity index (χ4v) is 4.29. The van der Waals surface area contributed by atoms with Gasteiger partial charge in [-0.15, -0.1) is 0 Å². The normalized spacial score (nSPS) is 13.6. The number of hydrogen-bond donors (Lipinski definition) is 2. The van der Waals surface area contributed by atoms with E-state index in [1.165, 1.54) is 0 Å². The third-order valence-corrected chi connectivity index (χ3v) is 6.14.